The summed E-state index contributed by atoms with van der Waals surface area (Å²) in [6.45, 7) is 4.48. The average molecular weight is 336 g/mol. The third-order valence-corrected chi connectivity index (χ3v) is 4.73. The molecule has 1 amide bonds. The van der Waals surface area contributed by atoms with E-state index in [1.807, 2.05) is 55.5 Å². The van der Waals surface area contributed by atoms with Crippen molar-refractivity contribution in [2.24, 2.45) is 11.8 Å². The van der Waals surface area contributed by atoms with E-state index < -0.39 is 0 Å². The van der Waals surface area contributed by atoms with Crippen LogP contribution in [0.15, 0.2) is 60.7 Å². The lowest BCUT2D eigenvalue weighted by atomic mass is 9.88. The SMILES string of the molecule is CCNC(=O)[C@H]1CN(Cc2ccccc2)C[C@@H]1C(=O)c1ccccc1. The molecule has 0 saturated carbocycles. The molecule has 1 aliphatic rings. The molecule has 130 valence electrons. The molecule has 2 aromatic rings. The van der Waals surface area contributed by atoms with Gasteiger partial charge < -0.3 is 5.32 Å². The summed E-state index contributed by atoms with van der Waals surface area (Å²) in [5.74, 6) is -0.547. The molecule has 1 fully saturated rings. The van der Waals surface area contributed by atoms with Crippen LogP contribution in [0, 0.1) is 11.8 Å². The molecular weight excluding hydrogens is 312 g/mol. The van der Waals surface area contributed by atoms with Crippen LogP contribution in [0.25, 0.3) is 0 Å². The van der Waals surface area contributed by atoms with E-state index >= 15 is 0 Å². The molecule has 25 heavy (non-hydrogen) atoms. The van der Waals surface area contributed by atoms with Crippen LogP contribution in [0.5, 0.6) is 0 Å². The van der Waals surface area contributed by atoms with Gasteiger partial charge >= 0.3 is 0 Å². The molecule has 1 saturated heterocycles. The predicted octanol–water partition coefficient (Wildman–Crippen LogP) is 2.75. The third kappa shape index (κ3) is 4.15. The number of Topliss-reactive ketones (excluding diaryl/α,β-unsaturated/α-hetero) is 1. The van der Waals surface area contributed by atoms with E-state index in [1.54, 1.807) is 0 Å². The fraction of sp³-hybridized carbons (Fsp3) is 0.333. The van der Waals surface area contributed by atoms with Crippen molar-refractivity contribution in [2.75, 3.05) is 19.6 Å². The number of hydrogen-bond donors (Lipinski definition) is 1. The zero-order valence-electron chi connectivity index (χ0n) is 14.5. The highest BCUT2D eigenvalue weighted by atomic mass is 16.2. The van der Waals surface area contributed by atoms with Gasteiger partial charge in [-0.3, -0.25) is 14.5 Å². The molecule has 1 N–H and O–H groups in total. The van der Waals surface area contributed by atoms with E-state index in [0.717, 1.165) is 6.54 Å². The number of carbonyl (C=O) groups excluding carboxylic acids is 2. The Morgan fingerprint density at radius 3 is 2.20 bits per heavy atom. The second-order valence-corrected chi connectivity index (χ2v) is 6.52. The number of nitrogens with one attached hydrogen (secondary N) is 1. The van der Waals surface area contributed by atoms with E-state index in [-0.39, 0.29) is 23.5 Å². The second-order valence-electron chi connectivity index (χ2n) is 6.52. The summed E-state index contributed by atoms with van der Waals surface area (Å²) >= 11 is 0. The Hall–Kier alpha value is -2.46. The average Bonchev–Trinajstić information content (AvgIpc) is 3.07. The number of rotatable bonds is 6. The number of ketones is 1. The van der Waals surface area contributed by atoms with Crippen molar-refractivity contribution in [3.8, 4) is 0 Å². The maximum absolute atomic E-state index is 13.0. The van der Waals surface area contributed by atoms with Gasteiger partial charge in [0.2, 0.25) is 5.91 Å². The van der Waals surface area contributed by atoms with Gasteiger partial charge in [-0.05, 0) is 12.5 Å². The van der Waals surface area contributed by atoms with Crippen molar-refractivity contribution < 1.29 is 9.59 Å². The maximum atomic E-state index is 13.0. The minimum Gasteiger partial charge on any atom is -0.356 e. The van der Waals surface area contributed by atoms with Crippen LogP contribution in [0.2, 0.25) is 0 Å². The van der Waals surface area contributed by atoms with E-state index in [0.29, 0.717) is 25.2 Å². The van der Waals surface area contributed by atoms with Gasteiger partial charge in [-0.15, -0.1) is 0 Å². The Morgan fingerprint density at radius 2 is 1.56 bits per heavy atom. The number of hydrogen-bond acceptors (Lipinski definition) is 3. The van der Waals surface area contributed by atoms with Crippen LogP contribution in [-0.4, -0.2) is 36.2 Å². The number of carbonyl (C=O) groups is 2. The van der Waals surface area contributed by atoms with Gasteiger partial charge in [0.1, 0.15) is 0 Å². The lowest BCUT2D eigenvalue weighted by molar-refractivity contribution is -0.125. The molecule has 0 radical (unpaired) electrons. The lowest BCUT2D eigenvalue weighted by Crippen LogP contribution is -2.37. The predicted molar refractivity (Wildman–Crippen MR) is 98.2 cm³/mol. The molecule has 3 rings (SSSR count). The molecule has 1 aliphatic heterocycles. The highest BCUT2D eigenvalue weighted by molar-refractivity contribution is 6.01. The van der Waals surface area contributed by atoms with Crippen LogP contribution < -0.4 is 5.32 Å². The van der Waals surface area contributed by atoms with Crippen molar-refractivity contribution in [3.63, 3.8) is 0 Å². The topological polar surface area (TPSA) is 49.4 Å². The highest BCUT2D eigenvalue weighted by Gasteiger charge is 2.41. The summed E-state index contributed by atoms with van der Waals surface area (Å²) in [6.07, 6.45) is 0. The van der Waals surface area contributed by atoms with Crippen molar-refractivity contribution in [2.45, 2.75) is 13.5 Å². The third-order valence-electron chi connectivity index (χ3n) is 4.73. The number of amides is 1. The molecule has 2 aromatic carbocycles. The first-order chi connectivity index (χ1) is 12.2. The van der Waals surface area contributed by atoms with Gasteiger partial charge in [0.15, 0.2) is 5.78 Å². The minimum atomic E-state index is -0.295. The van der Waals surface area contributed by atoms with Crippen molar-refractivity contribution >= 4 is 11.7 Å². The Morgan fingerprint density at radius 1 is 0.960 bits per heavy atom. The number of nitrogens with zero attached hydrogens (tertiary/aromatic N) is 1. The van der Waals surface area contributed by atoms with Crippen molar-refractivity contribution in [3.05, 3.63) is 71.8 Å². The molecule has 4 heteroatoms. The fourth-order valence-corrected chi connectivity index (χ4v) is 3.51. The zero-order valence-corrected chi connectivity index (χ0v) is 14.5. The van der Waals surface area contributed by atoms with Crippen LogP contribution in [0.1, 0.15) is 22.8 Å². The van der Waals surface area contributed by atoms with Gasteiger partial charge in [0.05, 0.1) is 5.92 Å². The smallest absolute Gasteiger partial charge is 0.225 e. The van der Waals surface area contributed by atoms with Gasteiger partial charge in [0, 0.05) is 37.7 Å². The Bertz CT molecular complexity index is 715. The van der Waals surface area contributed by atoms with E-state index in [2.05, 4.69) is 22.3 Å². The first-order valence-corrected chi connectivity index (χ1v) is 8.82. The molecule has 0 aliphatic carbocycles. The van der Waals surface area contributed by atoms with Crippen LogP contribution >= 0.6 is 0 Å². The van der Waals surface area contributed by atoms with Crippen LogP contribution in [0.3, 0.4) is 0 Å². The largest absolute Gasteiger partial charge is 0.356 e. The van der Waals surface area contributed by atoms with Gasteiger partial charge in [-0.2, -0.15) is 0 Å². The Kier molecular flexibility index (Phi) is 5.61. The van der Waals surface area contributed by atoms with Crippen molar-refractivity contribution in [1.29, 1.82) is 0 Å². The summed E-state index contributed by atoms with van der Waals surface area (Å²) < 4.78 is 0. The minimum absolute atomic E-state index is 0.0210. The number of likely N-dealkylation sites (tertiary alicyclic amines) is 1. The summed E-state index contributed by atoms with van der Waals surface area (Å²) in [5, 5.41) is 2.89. The first-order valence-electron chi connectivity index (χ1n) is 8.82. The van der Waals surface area contributed by atoms with Crippen molar-refractivity contribution in [1.82, 2.24) is 10.2 Å². The highest BCUT2D eigenvalue weighted by Crippen LogP contribution is 2.28. The van der Waals surface area contributed by atoms with E-state index in [4.69, 9.17) is 0 Å². The van der Waals surface area contributed by atoms with E-state index in [1.165, 1.54) is 5.56 Å². The quantitative estimate of drug-likeness (QED) is 0.825. The Balaban J connectivity index is 1.78. The molecular formula is C21H24N2O2. The molecule has 0 unspecified atom stereocenters. The normalized spacial score (nSPS) is 20.4. The molecule has 4 nitrogen and oxygen atoms in total. The first kappa shape index (κ1) is 17.4. The number of benzene rings is 2. The summed E-state index contributed by atoms with van der Waals surface area (Å²) in [5.41, 5.74) is 1.88. The molecule has 1 heterocycles. The Labute approximate surface area is 148 Å². The van der Waals surface area contributed by atoms with Gasteiger partial charge in [-0.25, -0.2) is 0 Å². The second kappa shape index (κ2) is 8.08. The van der Waals surface area contributed by atoms with Gasteiger partial charge in [0.25, 0.3) is 0 Å². The molecule has 0 spiro atoms. The monoisotopic (exact) mass is 336 g/mol. The van der Waals surface area contributed by atoms with Gasteiger partial charge in [-0.1, -0.05) is 60.7 Å². The van der Waals surface area contributed by atoms with Crippen LogP contribution in [0.4, 0.5) is 0 Å². The molecule has 2 atom stereocenters. The summed E-state index contributed by atoms with van der Waals surface area (Å²) in [4.78, 5) is 27.7. The molecule has 0 aromatic heterocycles. The maximum Gasteiger partial charge on any atom is 0.225 e. The molecule has 0 bridgehead atoms. The summed E-state index contributed by atoms with van der Waals surface area (Å²) in [6, 6.07) is 19.5. The summed E-state index contributed by atoms with van der Waals surface area (Å²) in [7, 11) is 0. The van der Waals surface area contributed by atoms with E-state index in [9.17, 15) is 9.59 Å². The zero-order chi connectivity index (χ0) is 17.6. The van der Waals surface area contributed by atoms with Crippen LogP contribution in [-0.2, 0) is 11.3 Å². The standard InChI is InChI=1S/C21H24N2O2/c1-2-22-21(25)19-15-23(13-16-9-5-3-6-10-16)14-18(19)20(24)17-11-7-4-8-12-17/h3-12,18-19H,2,13-15H2,1H3,(H,22,25)/t18-,19-/m0/s1. The fourth-order valence-electron chi connectivity index (χ4n) is 3.51. The lowest BCUT2D eigenvalue weighted by Gasteiger charge is -2.16.